The van der Waals surface area contributed by atoms with Gasteiger partial charge in [0.05, 0.1) is 20.1 Å². The number of rotatable bonds is 4. The molecule has 0 aromatic rings. The Morgan fingerprint density at radius 3 is 2.12 bits per heavy atom. The fraction of sp³-hybridized carbons (Fsp3) is 0.941. The van der Waals surface area contributed by atoms with Crippen molar-refractivity contribution in [3.63, 3.8) is 0 Å². The third-order valence-corrected chi connectivity index (χ3v) is 13.7. The van der Waals surface area contributed by atoms with Crippen LogP contribution in [0.25, 0.3) is 0 Å². The molecule has 6 aliphatic rings. The molecule has 4 saturated carbocycles. The molecule has 4 aliphatic carbocycles. The molecule has 0 N–H and O–H groups in total. The number of esters is 2. The van der Waals surface area contributed by atoms with Gasteiger partial charge in [-0.25, -0.2) is 0 Å². The average molecular weight is 638 g/mol. The molecular weight excluding hydrogens is 580 g/mol. The van der Waals surface area contributed by atoms with E-state index in [4.69, 9.17) is 9.47 Å². The predicted octanol–water partition coefficient (Wildman–Crippen LogP) is 2.97. The minimum atomic E-state index is -0.111. The number of likely N-dealkylation sites (N-methyl/N-ethyl adjacent to an activating group) is 1. The van der Waals surface area contributed by atoms with Crippen molar-refractivity contribution in [1.29, 1.82) is 0 Å². The molecule has 2 heterocycles. The number of ether oxygens (including phenoxy) is 2. The van der Waals surface area contributed by atoms with Crippen LogP contribution in [-0.2, 0) is 19.1 Å². The molecule has 0 amide bonds. The first-order valence-electron chi connectivity index (χ1n) is 17.0. The zero-order chi connectivity index (χ0) is 28.3. The van der Waals surface area contributed by atoms with Gasteiger partial charge in [0, 0.05) is 31.7 Å². The summed E-state index contributed by atoms with van der Waals surface area (Å²) in [6.07, 6.45) is 16.3. The summed E-state index contributed by atoms with van der Waals surface area (Å²) in [5.41, 5.74) is 0.377. The molecule has 234 valence electrons. The van der Waals surface area contributed by atoms with E-state index in [1.165, 1.54) is 90.1 Å². The van der Waals surface area contributed by atoms with Crippen molar-refractivity contribution in [3.8, 4) is 0 Å². The molecule has 0 spiro atoms. The van der Waals surface area contributed by atoms with Crippen LogP contribution in [0.4, 0.5) is 0 Å². The van der Waals surface area contributed by atoms with E-state index in [-0.39, 0.29) is 46.5 Å². The summed E-state index contributed by atoms with van der Waals surface area (Å²) in [6.45, 7) is 13.1. The van der Waals surface area contributed by atoms with Crippen LogP contribution in [0, 0.1) is 34.5 Å². The van der Waals surface area contributed by atoms with Crippen LogP contribution in [0.2, 0.25) is 0 Å². The second kappa shape index (κ2) is 12.0. The molecule has 0 bridgehead atoms. The summed E-state index contributed by atoms with van der Waals surface area (Å²) in [5.74, 6) is 2.50. The lowest BCUT2D eigenvalue weighted by atomic mass is 9.44. The van der Waals surface area contributed by atoms with Crippen LogP contribution in [0.1, 0.15) is 111 Å². The smallest absolute Gasteiger partial charge is 0.303 e. The number of carbonyl (C=O) groups is 2. The number of nitrogens with zero attached hydrogens (tertiary/aromatic N) is 2. The minimum absolute atomic E-state index is 0. The van der Waals surface area contributed by atoms with Crippen LogP contribution in [0.15, 0.2) is 0 Å². The Morgan fingerprint density at radius 2 is 1.46 bits per heavy atom. The predicted molar refractivity (Wildman–Crippen MR) is 156 cm³/mol. The van der Waals surface area contributed by atoms with Gasteiger partial charge in [-0.1, -0.05) is 20.3 Å². The van der Waals surface area contributed by atoms with Gasteiger partial charge in [0.2, 0.25) is 0 Å². The van der Waals surface area contributed by atoms with Crippen molar-refractivity contribution in [2.75, 3.05) is 33.2 Å². The number of piperidine rings is 2. The van der Waals surface area contributed by atoms with E-state index in [0.29, 0.717) is 35.3 Å². The first-order valence-corrected chi connectivity index (χ1v) is 17.0. The number of carbonyl (C=O) groups excluding carboxylic acids is 2. The van der Waals surface area contributed by atoms with Gasteiger partial charge >= 0.3 is 11.9 Å². The molecule has 41 heavy (non-hydrogen) atoms. The van der Waals surface area contributed by atoms with Crippen LogP contribution < -0.4 is 17.0 Å². The van der Waals surface area contributed by atoms with Gasteiger partial charge in [0.15, 0.2) is 6.10 Å². The van der Waals surface area contributed by atoms with Gasteiger partial charge in [0.25, 0.3) is 0 Å². The van der Waals surface area contributed by atoms with Crippen LogP contribution in [0.3, 0.4) is 0 Å². The maximum Gasteiger partial charge on any atom is 0.303 e. The summed E-state index contributed by atoms with van der Waals surface area (Å²) in [5, 5.41) is 0. The normalized spacial score (nSPS) is 45.8. The molecule has 7 heteroatoms. The summed E-state index contributed by atoms with van der Waals surface area (Å²) in [6, 6.07) is 0.796. The fourth-order valence-corrected chi connectivity index (χ4v) is 11.7. The number of halogens is 1. The molecule has 2 saturated heterocycles. The van der Waals surface area contributed by atoms with Crippen LogP contribution >= 0.6 is 0 Å². The molecule has 6 fully saturated rings. The van der Waals surface area contributed by atoms with E-state index in [1.807, 2.05) is 0 Å². The number of hydrogen-bond acceptors (Lipinski definition) is 5. The van der Waals surface area contributed by atoms with Gasteiger partial charge < -0.3 is 30.9 Å². The van der Waals surface area contributed by atoms with E-state index in [9.17, 15) is 9.59 Å². The zero-order valence-electron chi connectivity index (χ0n) is 26.5. The Morgan fingerprint density at radius 1 is 0.805 bits per heavy atom. The highest BCUT2D eigenvalue weighted by Crippen LogP contribution is 2.67. The van der Waals surface area contributed by atoms with Crippen molar-refractivity contribution < 1.29 is 40.5 Å². The van der Waals surface area contributed by atoms with Crippen molar-refractivity contribution in [1.82, 2.24) is 4.90 Å². The molecule has 2 aliphatic heterocycles. The Bertz CT molecular complexity index is 964. The summed E-state index contributed by atoms with van der Waals surface area (Å²) in [7, 11) is 2.47. The summed E-state index contributed by atoms with van der Waals surface area (Å²) < 4.78 is 13.5. The third kappa shape index (κ3) is 5.56. The first-order chi connectivity index (χ1) is 19.0. The lowest BCUT2D eigenvalue weighted by Crippen LogP contribution is -3.00. The van der Waals surface area contributed by atoms with E-state index in [0.717, 1.165) is 29.9 Å². The highest BCUT2D eigenvalue weighted by molar-refractivity contribution is 5.66. The lowest BCUT2D eigenvalue weighted by molar-refractivity contribution is -0.940. The zero-order valence-corrected chi connectivity index (χ0v) is 28.1. The topological polar surface area (TPSA) is 55.8 Å². The van der Waals surface area contributed by atoms with Gasteiger partial charge in [-0.15, -0.1) is 0 Å². The highest BCUT2D eigenvalue weighted by Gasteiger charge is 2.67. The Hall–Kier alpha value is -0.660. The number of likely N-dealkylation sites (tertiary alicyclic amines) is 2. The Kier molecular flexibility index (Phi) is 9.32. The van der Waals surface area contributed by atoms with E-state index in [1.54, 1.807) is 13.8 Å². The quantitative estimate of drug-likeness (QED) is 0.351. The van der Waals surface area contributed by atoms with Gasteiger partial charge in [-0.05, 0) is 113 Å². The number of hydrogen-bond donors (Lipinski definition) is 0. The van der Waals surface area contributed by atoms with E-state index in [2.05, 4.69) is 25.8 Å². The summed E-state index contributed by atoms with van der Waals surface area (Å²) >= 11 is 0. The maximum absolute atomic E-state index is 12.5. The standard InChI is InChI=1S/C34H57N2O4.BrH/c1-23(37)39-31-20-25-12-13-26-27(34(25,4)22-29(31)35-16-8-6-9-17-35)14-15-33(3)28(26)21-30(32(33)40-24(2)38)36(5)18-10-7-11-19-36;/h25-32H,6-22H2,1-5H3;1H/q+1;/p-1/t25-,26?,27?,28-,29-,30-,31-,32-,33-,34-;/m0./s1. The van der Waals surface area contributed by atoms with E-state index < -0.39 is 0 Å². The molecule has 6 rings (SSSR count). The molecular formula is C34H57BrN2O4. The molecule has 6 nitrogen and oxygen atoms in total. The molecule has 0 radical (unpaired) electrons. The second-order valence-corrected chi connectivity index (χ2v) is 15.8. The SMILES string of the molecule is CC(=O)O[C@H]1C[C@@H]2CCC3C(CC[C@@]4(C)[C@H]3C[C@H]([N+]3(C)CCCCC3)[C@@H]4OC(C)=O)[C@@]2(C)C[C@@H]1N1CCCCC1.[Br-]. The van der Waals surface area contributed by atoms with Crippen molar-refractivity contribution in [2.45, 2.75) is 135 Å². The molecule has 0 aromatic carbocycles. The number of quaternary nitrogens is 1. The Labute approximate surface area is 260 Å². The molecule has 10 atom stereocenters. The molecule has 0 aromatic heterocycles. The first kappa shape index (κ1) is 31.8. The largest absolute Gasteiger partial charge is 1.00 e. The van der Waals surface area contributed by atoms with Crippen LogP contribution in [0.5, 0.6) is 0 Å². The highest BCUT2D eigenvalue weighted by atomic mass is 79.9. The van der Waals surface area contributed by atoms with Crippen molar-refractivity contribution in [2.24, 2.45) is 34.5 Å². The second-order valence-electron chi connectivity index (χ2n) is 15.8. The van der Waals surface area contributed by atoms with Crippen LogP contribution in [-0.4, -0.2) is 78.8 Å². The fourth-order valence-electron chi connectivity index (χ4n) is 11.7. The maximum atomic E-state index is 12.5. The van der Waals surface area contributed by atoms with E-state index >= 15 is 0 Å². The minimum Gasteiger partial charge on any atom is -1.00 e. The monoisotopic (exact) mass is 636 g/mol. The molecule has 2 unspecified atom stereocenters. The van der Waals surface area contributed by atoms with Crippen molar-refractivity contribution in [3.05, 3.63) is 0 Å². The lowest BCUT2D eigenvalue weighted by Gasteiger charge is -2.62. The van der Waals surface area contributed by atoms with Gasteiger partial charge in [-0.3, -0.25) is 14.5 Å². The van der Waals surface area contributed by atoms with Gasteiger partial charge in [-0.2, -0.15) is 0 Å². The average Bonchev–Trinajstić information content (AvgIpc) is 3.21. The van der Waals surface area contributed by atoms with Crippen molar-refractivity contribution >= 4 is 11.9 Å². The number of fused-ring (bicyclic) bond motifs is 5. The van der Waals surface area contributed by atoms with Gasteiger partial charge in [0.1, 0.15) is 12.1 Å². The summed E-state index contributed by atoms with van der Waals surface area (Å²) in [4.78, 5) is 27.4. The Balaban J connectivity index is 0.00000337. The third-order valence-electron chi connectivity index (χ3n) is 13.7.